The molecule has 0 spiro atoms. The highest BCUT2D eigenvalue weighted by Gasteiger charge is 2.68. The molecule has 1 saturated heterocycles. The van der Waals surface area contributed by atoms with Crippen LogP contribution in [0.25, 0.3) is 10.4 Å². The number of hydrogen-bond acceptors (Lipinski definition) is 10. The molecule has 6 atom stereocenters. The standard InChI is InChI=1S/C17H22BF2N5O11P3/c1-10-8-25(16(27)22-15(10)26)14-7-12(23-24-21)13(34-14)9-33-39(18,32)36-38(30,31)17(19,20)37(28,29)35-11-5-3-2-4-6-11/h2-6,8,12-14H,7,9H2,1,18H3,(H,28,29)(H,30,31)(H,22,26,27)/q-1/t12-,13-,14-,39?/m1/s1. The predicted molar refractivity (Wildman–Crippen MR) is 134 cm³/mol. The molecule has 3 N–H and O–H groups in total. The van der Waals surface area contributed by atoms with E-state index >= 15 is 0 Å². The molecule has 16 nitrogen and oxygen atoms in total. The van der Waals surface area contributed by atoms with E-state index in [1.807, 2.05) is 0 Å². The minimum atomic E-state index is -6.44. The average Bonchev–Trinajstić information content (AvgIpc) is 3.22. The number of aromatic amines is 1. The number of rotatable bonds is 11. The third kappa shape index (κ3) is 6.96. The van der Waals surface area contributed by atoms with Crippen molar-refractivity contribution in [3.8, 4) is 5.75 Å². The molecule has 1 fully saturated rings. The van der Waals surface area contributed by atoms with Crippen LogP contribution in [0.3, 0.4) is 0 Å². The van der Waals surface area contributed by atoms with Crippen molar-refractivity contribution in [3.05, 3.63) is 73.4 Å². The second-order valence-corrected chi connectivity index (χ2v) is 12.8. The molecule has 2 aromatic rings. The highest BCUT2D eigenvalue weighted by Crippen LogP contribution is 2.78. The molecule has 1 aromatic carbocycles. The molecule has 214 valence electrons. The van der Waals surface area contributed by atoms with Gasteiger partial charge in [0.15, 0.2) is 7.47 Å². The fraction of sp³-hybridized carbons (Fsp3) is 0.412. The summed E-state index contributed by atoms with van der Waals surface area (Å²) >= 11 is 0. The molecule has 22 heteroatoms. The van der Waals surface area contributed by atoms with Gasteiger partial charge in [0.05, 0.1) is 26.3 Å². The molecule has 0 bridgehead atoms. The molecular formula is C17H22BF2N5O11P3-. The number of aryl methyl sites for hydroxylation is 1. The number of para-hydroxylation sites is 1. The maximum Gasteiger partial charge on any atom is 0.459 e. The summed E-state index contributed by atoms with van der Waals surface area (Å²) in [5.41, 5.74) is 7.54. The summed E-state index contributed by atoms with van der Waals surface area (Å²) in [6.07, 6.45) is -1.20. The molecule has 2 heterocycles. The van der Waals surface area contributed by atoms with Gasteiger partial charge in [0, 0.05) is 23.1 Å². The van der Waals surface area contributed by atoms with E-state index in [9.17, 15) is 41.9 Å². The number of hydrogen-bond donors (Lipinski definition) is 3. The van der Waals surface area contributed by atoms with E-state index in [-0.39, 0.29) is 12.0 Å². The summed E-state index contributed by atoms with van der Waals surface area (Å²) in [6.45, 7) is 0.675. The number of H-pyrrole nitrogens is 1. The lowest BCUT2D eigenvalue weighted by atomic mass is 10.1. The molecule has 0 aliphatic carbocycles. The van der Waals surface area contributed by atoms with Gasteiger partial charge in [-0.25, -0.2) is 9.36 Å². The summed E-state index contributed by atoms with van der Waals surface area (Å²) in [5, 5.41) is -1.89. The largest absolute Gasteiger partial charge is 0.459 e. The van der Waals surface area contributed by atoms with Crippen molar-refractivity contribution in [2.45, 2.75) is 37.1 Å². The molecule has 0 amide bonds. The number of nitrogens with zero attached hydrogens (tertiary/aromatic N) is 4. The smallest absolute Gasteiger partial charge is 0.420 e. The van der Waals surface area contributed by atoms with Crippen LogP contribution in [0.4, 0.5) is 8.78 Å². The first-order chi connectivity index (χ1) is 18.0. The first-order valence-electron chi connectivity index (χ1n) is 10.3. The average molecular weight is 614 g/mol. The molecule has 1 aromatic heterocycles. The van der Waals surface area contributed by atoms with Crippen LogP contribution in [0.5, 0.6) is 5.75 Å². The van der Waals surface area contributed by atoms with Gasteiger partial charge in [-0.2, -0.15) is 8.78 Å². The SMILES string of the molecule is [BH3-]P(=O)(OC[C@H]1O[C@@H](n2cc(C)c(=O)[nH]c2=O)C[C@H]1N=[N+]=[N-])OP(=O)(O)C(F)(F)P(=O)(O)Oc1ccccc1. The second kappa shape index (κ2) is 11.5. The Balaban J connectivity index is 1.74. The number of azide groups is 1. The normalized spacial score (nSPS) is 24.1. The Morgan fingerprint density at radius 2 is 1.90 bits per heavy atom. The summed E-state index contributed by atoms with van der Waals surface area (Å²) in [4.78, 5) is 48.2. The molecule has 0 saturated carbocycles. The number of ether oxygens (including phenoxy) is 1. The van der Waals surface area contributed by atoms with Gasteiger partial charge < -0.3 is 28.1 Å². The van der Waals surface area contributed by atoms with Crippen molar-refractivity contribution >= 4 is 30.2 Å². The van der Waals surface area contributed by atoms with Crippen LogP contribution >= 0.6 is 22.7 Å². The minimum Gasteiger partial charge on any atom is -0.420 e. The first kappa shape index (κ1) is 31.0. The van der Waals surface area contributed by atoms with Crippen molar-refractivity contribution in [2.24, 2.45) is 5.11 Å². The van der Waals surface area contributed by atoms with Crippen LogP contribution in [0.15, 0.2) is 51.2 Å². The Morgan fingerprint density at radius 1 is 1.26 bits per heavy atom. The van der Waals surface area contributed by atoms with Crippen LogP contribution in [-0.4, -0.2) is 51.1 Å². The lowest BCUT2D eigenvalue weighted by Crippen LogP contribution is -2.33. The summed E-state index contributed by atoms with van der Waals surface area (Å²) in [6, 6.07) is 5.10. The minimum absolute atomic E-state index is 0.105. The zero-order chi connectivity index (χ0) is 29.2. The Kier molecular flexibility index (Phi) is 9.13. The fourth-order valence-electron chi connectivity index (χ4n) is 3.16. The quantitative estimate of drug-likeness (QED) is 0.109. The summed E-state index contributed by atoms with van der Waals surface area (Å²) in [7, 11) is -19.1. The van der Waals surface area contributed by atoms with E-state index in [1.54, 1.807) is 0 Å². The van der Waals surface area contributed by atoms with Crippen molar-refractivity contribution in [2.75, 3.05) is 6.61 Å². The van der Waals surface area contributed by atoms with Gasteiger partial charge in [0.25, 0.3) is 5.56 Å². The monoisotopic (exact) mass is 614 g/mol. The van der Waals surface area contributed by atoms with Crippen LogP contribution in [0, 0.1) is 6.92 Å². The molecular weight excluding hydrogens is 592 g/mol. The fourth-order valence-corrected chi connectivity index (χ4v) is 6.98. The lowest BCUT2D eigenvalue weighted by Gasteiger charge is -2.30. The highest BCUT2D eigenvalue weighted by atomic mass is 31.3. The second-order valence-electron chi connectivity index (χ2n) is 7.67. The van der Waals surface area contributed by atoms with E-state index in [0.717, 1.165) is 16.7 Å². The van der Waals surface area contributed by atoms with Gasteiger partial charge in [0.1, 0.15) is 12.0 Å². The number of halogens is 2. The molecule has 0 radical (unpaired) electrons. The van der Waals surface area contributed by atoms with Gasteiger partial charge >= 0.3 is 26.3 Å². The third-order valence-corrected chi connectivity index (χ3v) is 10.1. The Morgan fingerprint density at radius 3 is 2.51 bits per heavy atom. The van der Waals surface area contributed by atoms with Gasteiger partial charge in [0.2, 0.25) is 0 Å². The molecule has 3 unspecified atom stereocenters. The van der Waals surface area contributed by atoms with E-state index < -0.39 is 77.6 Å². The molecule has 1 aliphatic rings. The Bertz CT molecular complexity index is 1530. The zero-order valence-electron chi connectivity index (χ0n) is 19.1. The molecule has 39 heavy (non-hydrogen) atoms. The van der Waals surface area contributed by atoms with Crippen molar-refractivity contribution in [3.63, 3.8) is 0 Å². The van der Waals surface area contributed by atoms with E-state index in [1.165, 1.54) is 31.3 Å². The van der Waals surface area contributed by atoms with Crippen LogP contribution in [-0.2, 0) is 27.3 Å². The topological polar surface area (TPSA) is 232 Å². The van der Waals surface area contributed by atoms with E-state index in [2.05, 4.69) is 23.8 Å². The highest BCUT2D eigenvalue weighted by molar-refractivity contribution is 7.86. The molecule has 3 rings (SSSR count). The van der Waals surface area contributed by atoms with Crippen LogP contribution in [0.2, 0.25) is 0 Å². The third-order valence-electron chi connectivity index (χ3n) is 5.03. The number of benzene rings is 1. The Labute approximate surface area is 218 Å². The van der Waals surface area contributed by atoms with Gasteiger partial charge in [-0.05, 0) is 24.6 Å². The Hall–Kier alpha value is -2.58. The van der Waals surface area contributed by atoms with E-state index in [0.29, 0.717) is 0 Å². The van der Waals surface area contributed by atoms with Crippen molar-refractivity contribution in [1.29, 1.82) is 0 Å². The number of aromatic nitrogens is 2. The zero-order valence-corrected chi connectivity index (χ0v) is 21.7. The first-order valence-corrected chi connectivity index (χ1v) is 14.5. The van der Waals surface area contributed by atoms with Crippen molar-refractivity contribution in [1.82, 2.24) is 9.55 Å². The summed E-state index contributed by atoms with van der Waals surface area (Å²) in [5.74, 6) is -0.505. The van der Waals surface area contributed by atoms with Gasteiger partial charge in [-0.15, -0.1) is 0 Å². The predicted octanol–water partition coefficient (Wildman–Crippen LogP) is 2.32. The van der Waals surface area contributed by atoms with Crippen LogP contribution < -0.4 is 15.8 Å². The lowest BCUT2D eigenvalue weighted by molar-refractivity contribution is -0.0232. The van der Waals surface area contributed by atoms with Gasteiger partial charge in [-0.1, -0.05) is 23.3 Å². The van der Waals surface area contributed by atoms with Gasteiger partial charge in [-0.3, -0.25) is 23.2 Å². The van der Waals surface area contributed by atoms with Crippen molar-refractivity contribution < 1.29 is 50.4 Å². The number of nitrogens with one attached hydrogen (secondary N) is 1. The van der Waals surface area contributed by atoms with Crippen LogP contribution in [0.1, 0.15) is 18.2 Å². The molecule has 1 aliphatic heterocycles. The van der Waals surface area contributed by atoms with E-state index in [4.69, 9.17) is 14.8 Å². The number of alkyl halides is 2. The maximum atomic E-state index is 14.7. The maximum absolute atomic E-state index is 14.7. The summed E-state index contributed by atoms with van der Waals surface area (Å²) < 4.78 is 87.0.